The van der Waals surface area contributed by atoms with Crippen molar-refractivity contribution in [3.8, 4) is 0 Å². The fourth-order valence-electron chi connectivity index (χ4n) is 2.23. The van der Waals surface area contributed by atoms with Gasteiger partial charge in [0.15, 0.2) is 0 Å². The van der Waals surface area contributed by atoms with Crippen molar-refractivity contribution in [1.29, 1.82) is 0 Å². The summed E-state index contributed by atoms with van der Waals surface area (Å²) in [5, 5.41) is 21.6. The van der Waals surface area contributed by atoms with Gasteiger partial charge in [-0.3, -0.25) is 0 Å². The molecular weight excluding hydrogens is 311 g/mol. The molecule has 0 aromatic carbocycles. The van der Waals surface area contributed by atoms with E-state index in [1.807, 2.05) is 0 Å². The fourth-order valence-corrected chi connectivity index (χ4v) is 4.50. The Morgan fingerprint density at radius 1 is 1.05 bits per heavy atom. The Kier molecular flexibility index (Phi) is 9.29. The van der Waals surface area contributed by atoms with Crippen molar-refractivity contribution < 1.29 is 19.7 Å². The van der Waals surface area contributed by atoms with Crippen molar-refractivity contribution in [1.82, 2.24) is 0 Å². The van der Waals surface area contributed by atoms with Crippen LogP contribution in [0.25, 0.3) is 0 Å². The van der Waals surface area contributed by atoms with Crippen LogP contribution in [-0.4, -0.2) is 56.9 Å². The van der Waals surface area contributed by atoms with E-state index in [0.717, 1.165) is 5.32 Å². The van der Waals surface area contributed by atoms with Crippen LogP contribution in [0.15, 0.2) is 0 Å². The molecule has 5 heteroatoms. The van der Waals surface area contributed by atoms with Gasteiger partial charge in [-0.2, -0.15) is 0 Å². The van der Waals surface area contributed by atoms with Crippen LogP contribution in [0.2, 0.25) is 10.6 Å². The van der Waals surface area contributed by atoms with Gasteiger partial charge in [0.25, 0.3) is 0 Å². The zero-order valence-electron chi connectivity index (χ0n) is 12.1. The topological polar surface area (TPSA) is 58.9 Å². The average molecular weight is 339 g/mol. The molecule has 0 saturated carbocycles. The summed E-state index contributed by atoms with van der Waals surface area (Å²) in [4.78, 5) is 0. The molecule has 4 nitrogen and oxygen atoms in total. The zero-order valence-corrected chi connectivity index (χ0v) is 13.8. The van der Waals surface area contributed by atoms with Crippen LogP contribution in [0.1, 0.15) is 45.4 Å². The molecule has 1 saturated heterocycles. The predicted octanol–water partition coefficient (Wildman–Crippen LogP) is 1.98. The van der Waals surface area contributed by atoms with Crippen LogP contribution in [0.5, 0.6) is 0 Å². The first-order chi connectivity index (χ1) is 9.20. The Hall–Kier alpha value is 0.359. The fraction of sp³-hybridized carbons (Fsp3) is 1.00. The first kappa shape index (κ1) is 17.4. The molecule has 0 bridgehead atoms. The number of unbranched alkanes of at least 4 members (excludes halogenated alkanes) is 5. The number of aliphatic hydroxyl groups is 2. The summed E-state index contributed by atoms with van der Waals surface area (Å²) < 4.78 is 10.5. The zero-order chi connectivity index (χ0) is 14.1. The van der Waals surface area contributed by atoms with Gasteiger partial charge < -0.3 is 0 Å². The molecule has 4 atom stereocenters. The Morgan fingerprint density at radius 2 is 1.74 bits per heavy atom. The average Bonchev–Trinajstić information content (AvgIpc) is 2.69. The van der Waals surface area contributed by atoms with Gasteiger partial charge in [0.2, 0.25) is 0 Å². The third-order valence-electron chi connectivity index (χ3n) is 3.48. The molecule has 0 radical (unpaired) electrons. The third kappa shape index (κ3) is 6.11. The molecule has 1 heterocycles. The summed E-state index contributed by atoms with van der Waals surface area (Å²) in [6.45, 7) is 2.23. The maximum atomic E-state index is 9.81. The van der Waals surface area contributed by atoms with Crippen molar-refractivity contribution in [3.63, 3.8) is 0 Å². The minimum atomic E-state index is -0.903. The molecule has 1 aliphatic rings. The van der Waals surface area contributed by atoms with Crippen LogP contribution in [0.4, 0.5) is 0 Å². The molecule has 1 rings (SSSR count). The van der Waals surface area contributed by atoms with Crippen LogP contribution in [-0.2, 0) is 9.47 Å². The summed E-state index contributed by atoms with van der Waals surface area (Å²) in [6, 6.07) is 0. The summed E-state index contributed by atoms with van der Waals surface area (Å²) >= 11 is 0.485. The molecule has 0 aliphatic carbocycles. The van der Waals surface area contributed by atoms with Gasteiger partial charge in [0.1, 0.15) is 0 Å². The Morgan fingerprint density at radius 3 is 2.37 bits per heavy atom. The van der Waals surface area contributed by atoms with Crippen molar-refractivity contribution in [2.45, 2.75) is 80.7 Å². The van der Waals surface area contributed by atoms with Crippen LogP contribution in [0.3, 0.4) is 0 Å². The van der Waals surface area contributed by atoms with Crippen LogP contribution >= 0.6 is 0 Å². The van der Waals surface area contributed by atoms with E-state index in [1.165, 1.54) is 51.0 Å². The van der Waals surface area contributed by atoms with Gasteiger partial charge in [-0.1, -0.05) is 0 Å². The number of aliphatic hydroxyl groups excluding tert-OH is 2. The van der Waals surface area contributed by atoms with E-state index < -0.39 is 18.5 Å². The molecule has 1 fully saturated rings. The monoisotopic (exact) mass is 340 g/mol. The molecule has 19 heavy (non-hydrogen) atoms. The van der Waals surface area contributed by atoms with Gasteiger partial charge in [-0.15, -0.1) is 0 Å². The van der Waals surface area contributed by atoms with Crippen molar-refractivity contribution in [3.05, 3.63) is 0 Å². The van der Waals surface area contributed by atoms with Crippen molar-refractivity contribution >= 4 is 15.0 Å². The van der Waals surface area contributed by atoms with E-state index >= 15 is 0 Å². The van der Waals surface area contributed by atoms with E-state index in [4.69, 9.17) is 9.47 Å². The third-order valence-corrected chi connectivity index (χ3v) is 5.87. The summed E-state index contributed by atoms with van der Waals surface area (Å²) in [6.07, 6.45) is 5.34. The van der Waals surface area contributed by atoms with Gasteiger partial charge in [0, 0.05) is 0 Å². The number of ether oxygens (including phenoxy) is 2. The first-order valence-corrected chi connectivity index (χ1v) is 9.75. The number of rotatable bonds is 10. The van der Waals surface area contributed by atoms with E-state index in [1.54, 1.807) is 0 Å². The molecule has 1 aliphatic heterocycles. The standard InChI is InChI=1S/C14H28O4Se/c1-3-4-5-6-7-8-9-19-10-11-12(15)13(16)14(17-2)18-11/h11-16H,3-10H2,1-2H3/t11-,12+,13-,14?/m1/s1. The molecule has 114 valence electrons. The molecule has 1 unspecified atom stereocenters. The van der Waals surface area contributed by atoms with Crippen LogP contribution in [0, 0.1) is 0 Å². The Bertz CT molecular complexity index is 227. The predicted molar refractivity (Wildman–Crippen MR) is 76.4 cm³/mol. The van der Waals surface area contributed by atoms with Crippen LogP contribution < -0.4 is 0 Å². The van der Waals surface area contributed by atoms with Gasteiger partial charge in [-0.25, -0.2) is 0 Å². The summed E-state index contributed by atoms with van der Waals surface area (Å²) in [5.41, 5.74) is 0. The second-order valence-electron chi connectivity index (χ2n) is 5.10. The second kappa shape index (κ2) is 10.1. The summed E-state index contributed by atoms with van der Waals surface area (Å²) in [5.74, 6) is 0. The normalized spacial score (nSPS) is 30.9. The number of hydrogen-bond donors (Lipinski definition) is 2. The van der Waals surface area contributed by atoms with Crippen molar-refractivity contribution in [2.24, 2.45) is 0 Å². The molecule has 0 aromatic rings. The SMILES string of the molecule is CCCCCCCC[Se]C[C@H]1OC(OC)[C@H](O)[C@H]1O. The van der Waals surface area contributed by atoms with E-state index in [9.17, 15) is 10.2 Å². The van der Waals surface area contributed by atoms with Gasteiger partial charge in [-0.05, 0) is 0 Å². The molecular formula is C14H28O4Se. The van der Waals surface area contributed by atoms with E-state index in [-0.39, 0.29) is 6.10 Å². The van der Waals surface area contributed by atoms with Gasteiger partial charge in [0.05, 0.1) is 0 Å². The summed E-state index contributed by atoms with van der Waals surface area (Å²) in [7, 11) is 1.49. The van der Waals surface area contributed by atoms with Gasteiger partial charge >= 0.3 is 122 Å². The molecule has 0 aromatic heterocycles. The quantitative estimate of drug-likeness (QED) is 0.472. The maximum absolute atomic E-state index is 9.81. The first-order valence-electron chi connectivity index (χ1n) is 7.32. The molecule has 0 amide bonds. The Balaban J connectivity index is 2.01. The number of methoxy groups -OCH3 is 1. The number of hydrogen-bond acceptors (Lipinski definition) is 4. The molecule has 0 spiro atoms. The molecule has 2 N–H and O–H groups in total. The van der Waals surface area contributed by atoms with E-state index in [2.05, 4.69) is 6.92 Å². The van der Waals surface area contributed by atoms with Crippen molar-refractivity contribution in [2.75, 3.05) is 7.11 Å². The second-order valence-corrected chi connectivity index (χ2v) is 7.51. The van der Waals surface area contributed by atoms with E-state index in [0.29, 0.717) is 15.0 Å². The Labute approximate surface area is 123 Å². The minimum absolute atomic E-state index is 0.250.